The molecule has 0 spiro atoms. The van der Waals surface area contributed by atoms with Crippen LogP contribution in [0.25, 0.3) is 22.1 Å². The van der Waals surface area contributed by atoms with Crippen LogP contribution in [-0.4, -0.2) is 4.98 Å². The van der Waals surface area contributed by atoms with Crippen molar-refractivity contribution in [1.29, 1.82) is 5.26 Å². The molecule has 6 nitrogen and oxygen atoms in total. The molecule has 2 aromatic heterocycles. The van der Waals surface area contributed by atoms with Gasteiger partial charge in [0.2, 0.25) is 5.88 Å². The van der Waals surface area contributed by atoms with E-state index >= 15 is 0 Å². The largest absolute Gasteiger partial charge is 0.439 e. The number of ether oxygens (including phenoxy) is 1. The summed E-state index contributed by atoms with van der Waals surface area (Å²) < 4.78 is 11.5. The van der Waals surface area contributed by atoms with Crippen molar-refractivity contribution < 1.29 is 9.15 Å². The fourth-order valence-electron chi connectivity index (χ4n) is 4.12. The first-order chi connectivity index (χ1) is 15.6. The number of allylic oxidation sites excluding steroid dienone is 1. The highest BCUT2D eigenvalue weighted by molar-refractivity contribution is 5.86. The highest BCUT2D eigenvalue weighted by atomic mass is 16.5. The van der Waals surface area contributed by atoms with E-state index in [1.54, 1.807) is 18.5 Å². The van der Waals surface area contributed by atoms with Crippen molar-refractivity contribution in [3.05, 3.63) is 106 Å². The number of benzene rings is 2. The summed E-state index contributed by atoms with van der Waals surface area (Å²) in [7, 11) is 0. The van der Waals surface area contributed by atoms with Gasteiger partial charge in [0, 0.05) is 12.4 Å². The Kier molecular flexibility index (Phi) is 4.72. The average molecular weight is 421 g/mol. The third kappa shape index (κ3) is 3.12. The van der Waals surface area contributed by atoms with Gasteiger partial charge in [-0.05, 0) is 46.9 Å². The van der Waals surface area contributed by atoms with Crippen molar-refractivity contribution in [2.45, 2.75) is 19.3 Å². The molecule has 4 aromatic rings. The summed E-state index contributed by atoms with van der Waals surface area (Å²) in [6.45, 7) is 2.04. The minimum atomic E-state index is -0.683. The van der Waals surface area contributed by atoms with Gasteiger partial charge in [-0.2, -0.15) is 5.26 Å². The van der Waals surface area contributed by atoms with E-state index in [0.717, 1.165) is 28.7 Å². The number of nitrogens with two attached hydrogens (primary N) is 1. The molecule has 5 rings (SSSR count). The molecule has 32 heavy (non-hydrogen) atoms. The zero-order valence-electron chi connectivity index (χ0n) is 17.3. The Labute approximate surface area is 184 Å². The first-order valence-electron chi connectivity index (χ1n) is 10.3. The molecular weight excluding hydrogens is 402 g/mol. The topological polar surface area (TPSA) is 102 Å². The first kappa shape index (κ1) is 19.6. The molecule has 1 aliphatic heterocycles. The van der Waals surface area contributed by atoms with Crippen molar-refractivity contribution in [3.63, 3.8) is 0 Å². The van der Waals surface area contributed by atoms with Gasteiger partial charge in [-0.3, -0.25) is 4.98 Å². The molecule has 0 radical (unpaired) electrons. The highest BCUT2D eigenvalue weighted by Gasteiger charge is 2.35. The van der Waals surface area contributed by atoms with Crippen molar-refractivity contribution in [1.82, 2.24) is 4.98 Å². The minimum absolute atomic E-state index is 0.00450. The van der Waals surface area contributed by atoms with Crippen molar-refractivity contribution in [2.24, 2.45) is 5.73 Å². The van der Waals surface area contributed by atoms with Crippen LogP contribution < -0.4 is 16.1 Å². The highest BCUT2D eigenvalue weighted by Crippen LogP contribution is 2.43. The lowest BCUT2D eigenvalue weighted by atomic mass is 9.83. The van der Waals surface area contributed by atoms with E-state index in [0.29, 0.717) is 16.7 Å². The monoisotopic (exact) mass is 421 g/mol. The van der Waals surface area contributed by atoms with Gasteiger partial charge in [0.1, 0.15) is 17.2 Å². The number of hydrogen-bond donors (Lipinski definition) is 1. The minimum Gasteiger partial charge on any atom is -0.439 e. The number of aryl methyl sites for hydroxylation is 1. The Balaban J connectivity index is 1.71. The molecule has 6 heteroatoms. The summed E-state index contributed by atoms with van der Waals surface area (Å²) in [5.41, 5.74) is 10.3. The number of nitriles is 1. The van der Waals surface area contributed by atoms with Gasteiger partial charge >= 0.3 is 5.63 Å². The zero-order valence-corrected chi connectivity index (χ0v) is 17.3. The van der Waals surface area contributed by atoms with Gasteiger partial charge < -0.3 is 14.9 Å². The average Bonchev–Trinajstić information content (AvgIpc) is 2.84. The van der Waals surface area contributed by atoms with Crippen LogP contribution in [0.3, 0.4) is 0 Å². The lowest BCUT2D eigenvalue weighted by Gasteiger charge is -2.26. The van der Waals surface area contributed by atoms with Crippen LogP contribution >= 0.6 is 0 Å². The van der Waals surface area contributed by atoms with Crippen LogP contribution in [0.4, 0.5) is 0 Å². The fraction of sp³-hybridized carbons (Fsp3) is 0.115. The smallest absolute Gasteiger partial charge is 0.344 e. The summed E-state index contributed by atoms with van der Waals surface area (Å²) in [6, 6.07) is 19.2. The van der Waals surface area contributed by atoms with E-state index in [1.807, 2.05) is 55.5 Å². The summed E-state index contributed by atoms with van der Waals surface area (Å²) >= 11 is 0. The normalized spacial score (nSPS) is 15.2. The van der Waals surface area contributed by atoms with Crippen LogP contribution in [0, 0.1) is 11.3 Å². The van der Waals surface area contributed by atoms with E-state index in [4.69, 9.17) is 14.9 Å². The number of aromatic nitrogens is 1. The number of nitrogens with zero attached hydrogens (tertiary/aromatic N) is 2. The van der Waals surface area contributed by atoms with Gasteiger partial charge in [-0.25, -0.2) is 4.79 Å². The third-order valence-corrected chi connectivity index (χ3v) is 5.78. The molecular formula is C26H19N3O3. The standard InChI is InChI=1S/C26H19N3O3/c1-2-15-5-10-21-19(12-15)24-23(26(30)31-21)22(20(13-27)25(28)32-24)17-8-6-16(7-9-17)18-4-3-11-29-14-18/h3-12,14,22H,2,28H2,1H3. The maximum absolute atomic E-state index is 13.0. The molecule has 0 aliphatic carbocycles. The van der Waals surface area contributed by atoms with E-state index in [1.165, 1.54) is 0 Å². The number of rotatable bonds is 3. The maximum Gasteiger partial charge on any atom is 0.344 e. The SMILES string of the molecule is CCc1ccc2oc(=O)c3c(c2c1)OC(N)=C(C#N)C3c1ccc(-c2cccnc2)cc1. The Morgan fingerprint density at radius 3 is 2.62 bits per heavy atom. The lowest BCUT2D eigenvalue weighted by Crippen LogP contribution is -2.26. The second kappa shape index (κ2) is 7.71. The molecule has 0 saturated carbocycles. The Morgan fingerprint density at radius 2 is 1.94 bits per heavy atom. The molecule has 1 atom stereocenters. The molecule has 0 fully saturated rings. The van der Waals surface area contributed by atoms with Gasteiger partial charge in [-0.15, -0.1) is 0 Å². The van der Waals surface area contributed by atoms with E-state index in [-0.39, 0.29) is 17.0 Å². The van der Waals surface area contributed by atoms with Crippen molar-refractivity contribution in [3.8, 4) is 22.9 Å². The van der Waals surface area contributed by atoms with Crippen LogP contribution in [0.5, 0.6) is 5.75 Å². The second-order valence-electron chi connectivity index (χ2n) is 7.60. The maximum atomic E-state index is 13.0. The number of fused-ring (bicyclic) bond motifs is 3. The van der Waals surface area contributed by atoms with Crippen LogP contribution in [0.1, 0.15) is 29.5 Å². The second-order valence-corrected chi connectivity index (χ2v) is 7.60. The molecule has 1 unspecified atom stereocenters. The van der Waals surface area contributed by atoms with E-state index in [9.17, 15) is 10.1 Å². The lowest BCUT2D eigenvalue weighted by molar-refractivity contribution is 0.388. The van der Waals surface area contributed by atoms with Gasteiger partial charge in [0.15, 0.2) is 5.75 Å². The molecule has 0 bridgehead atoms. The molecule has 0 saturated heterocycles. The van der Waals surface area contributed by atoms with Crippen molar-refractivity contribution >= 4 is 11.0 Å². The summed E-state index contributed by atoms with van der Waals surface area (Å²) in [6.07, 6.45) is 4.32. The van der Waals surface area contributed by atoms with Crippen LogP contribution in [-0.2, 0) is 6.42 Å². The Morgan fingerprint density at radius 1 is 1.12 bits per heavy atom. The van der Waals surface area contributed by atoms with Crippen LogP contribution in [0.15, 0.2) is 87.7 Å². The molecule has 0 amide bonds. The molecule has 3 heterocycles. The zero-order chi connectivity index (χ0) is 22.2. The van der Waals surface area contributed by atoms with Crippen LogP contribution in [0.2, 0.25) is 0 Å². The molecule has 2 N–H and O–H groups in total. The molecule has 1 aliphatic rings. The predicted molar refractivity (Wildman–Crippen MR) is 121 cm³/mol. The number of pyridine rings is 1. The van der Waals surface area contributed by atoms with Crippen molar-refractivity contribution in [2.75, 3.05) is 0 Å². The third-order valence-electron chi connectivity index (χ3n) is 5.78. The summed E-state index contributed by atoms with van der Waals surface area (Å²) in [5, 5.41) is 10.5. The number of hydrogen-bond acceptors (Lipinski definition) is 6. The van der Waals surface area contributed by atoms with E-state index in [2.05, 4.69) is 11.1 Å². The first-order valence-corrected chi connectivity index (χ1v) is 10.3. The predicted octanol–water partition coefficient (Wildman–Crippen LogP) is 4.64. The van der Waals surface area contributed by atoms with Gasteiger partial charge in [-0.1, -0.05) is 43.3 Å². The summed E-state index contributed by atoms with van der Waals surface area (Å²) in [5.74, 6) is -0.336. The molecule has 156 valence electrons. The quantitative estimate of drug-likeness (QED) is 0.484. The van der Waals surface area contributed by atoms with Gasteiger partial charge in [0.25, 0.3) is 0 Å². The Bertz CT molecular complexity index is 1460. The summed E-state index contributed by atoms with van der Waals surface area (Å²) in [4.78, 5) is 17.2. The van der Waals surface area contributed by atoms with E-state index < -0.39 is 11.5 Å². The molecule has 2 aromatic carbocycles. The fourth-order valence-corrected chi connectivity index (χ4v) is 4.12. The Hall–Kier alpha value is -4.37. The van der Waals surface area contributed by atoms with Gasteiger partial charge in [0.05, 0.1) is 16.9 Å².